The van der Waals surface area contributed by atoms with Gasteiger partial charge in [-0.3, -0.25) is 0 Å². The molecule has 3 aromatic heterocycles. The number of benzene rings is 8. The quantitative estimate of drug-likeness (QED) is 0.183. The second-order valence-electron chi connectivity index (χ2n) is 15.3. The van der Waals surface area contributed by atoms with E-state index < -0.39 is 0 Å². The number of nitrogens with zero attached hydrogens (tertiary/aromatic N) is 1. The molecule has 0 bridgehead atoms. The van der Waals surface area contributed by atoms with Gasteiger partial charge in [-0.05, 0) is 106 Å². The smallest absolute Gasteiger partial charge is 0.137 e. The van der Waals surface area contributed by atoms with Crippen LogP contribution in [0.25, 0.3) is 88.1 Å². The summed E-state index contributed by atoms with van der Waals surface area (Å²) in [4.78, 5) is 2.38. The fraction of sp³-hybridized carbons (Fsp3) is 0.0588. The Hall–Kier alpha value is -7.04. The first-order valence-corrected chi connectivity index (χ1v) is 18.8. The number of hydrogen-bond donors (Lipinski definition) is 0. The van der Waals surface area contributed by atoms with Gasteiger partial charge in [-0.1, -0.05) is 105 Å². The number of anilines is 3. The van der Waals surface area contributed by atoms with Gasteiger partial charge in [-0.15, -0.1) is 0 Å². The summed E-state index contributed by atoms with van der Waals surface area (Å²) in [6.45, 7) is 4.67. The van der Waals surface area contributed by atoms with E-state index in [9.17, 15) is 0 Å². The zero-order valence-electron chi connectivity index (χ0n) is 30.3. The van der Waals surface area contributed by atoms with E-state index in [4.69, 9.17) is 13.3 Å². The molecule has 0 amide bonds. The Bertz CT molecular complexity index is 3360. The van der Waals surface area contributed by atoms with E-state index in [0.29, 0.717) is 0 Å². The van der Waals surface area contributed by atoms with Crippen molar-refractivity contribution in [2.45, 2.75) is 19.3 Å². The van der Waals surface area contributed by atoms with Gasteiger partial charge < -0.3 is 18.2 Å². The normalized spacial score (nSPS) is 13.4. The fourth-order valence-corrected chi connectivity index (χ4v) is 9.18. The molecule has 0 saturated heterocycles. The highest BCUT2D eigenvalue weighted by atomic mass is 16.3. The van der Waals surface area contributed by atoms with Crippen LogP contribution in [0.5, 0.6) is 0 Å². The van der Waals surface area contributed by atoms with Crippen LogP contribution in [0, 0.1) is 0 Å². The maximum absolute atomic E-state index is 6.72. The summed E-state index contributed by atoms with van der Waals surface area (Å²) >= 11 is 0. The van der Waals surface area contributed by atoms with Crippen LogP contribution in [0.4, 0.5) is 17.1 Å². The topological polar surface area (TPSA) is 42.7 Å². The second-order valence-corrected chi connectivity index (χ2v) is 15.3. The van der Waals surface area contributed by atoms with E-state index in [1.807, 2.05) is 18.2 Å². The minimum atomic E-state index is -0.153. The molecule has 4 heteroatoms. The van der Waals surface area contributed by atoms with Crippen molar-refractivity contribution < 1.29 is 13.3 Å². The number of fused-ring (bicyclic) bond motifs is 12. The van der Waals surface area contributed by atoms with Crippen LogP contribution in [0.15, 0.2) is 177 Å². The summed E-state index contributed by atoms with van der Waals surface area (Å²) in [5, 5.41) is 6.33. The average Bonchev–Trinajstić information content (AvgIpc) is 3.95. The Morgan fingerprint density at radius 3 is 1.95 bits per heavy atom. The van der Waals surface area contributed by atoms with Gasteiger partial charge >= 0.3 is 0 Å². The molecule has 0 unspecified atom stereocenters. The standard InChI is InChI=1S/C51H33NO3/c1-51(2)41-15-8-6-13-34(41)35-23-20-33(27-42(35)51)52(32-21-24-45-38(26-32)36-14-7-9-17-44(36)53-45)43-16-10-18-46-50(43)40-29-48-39(28-49(40)54-46)37-22-19-31(25-47(37)55-48)30-11-4-3-5-12-30/h3-29H,1-2H3. The lowest BCUT2D eigenvalue weighted by Crippen LogP contribution is -2.16. The van der Waals surface area contributed by atoms with Gasteiger partial charge in [0.2, 0.25) is 0 Å². The van der Waals surface area contributed by atoms with Crippen LogP contribution in [-0.4, -0.2) is 0 Å². The molecule has 0 aliphatic heterocycles. The Balaban J connectivity index is 1.10. The van der Waals surface area contributed by atoms with Gasteiger partial charge in [-0.25, -0.2) is 0 Å². The lowest BCUT2D eigenvalue weighted by Gasteiger charge is -2.28. The molecule has 1 aliphatic carbocycles. The highest BCUT2D eigenvalue weighted by Crippen LogP contribution is 2.52. The Labute approximate surface area is 316 Å². The van der Waals surface area contributed by atoms with Crippen molar-refractivity contribution in [2.24, 2.45) is 0 Å². The molecule has 260 valence electrons. The first kappa shape index (κ1) is 30.4. The van der Waals surface area contributed by atoms with E-state index in [2.05, 4.69) is 164 Å². The molecule has 11 aromatic rings. The van der Waals surface area contributed by atoms with Crippen molar-refractivity contribution in [2.75, 3.05) is 4.90 Å². The third-order valence-corrected chi connectivity index (χ3v) is 11.9. The van der Waals surface area contributed by atoms with Gasteiger partial charge in [-0.2, -0.15) is 0 Å². The molecular formula is C51H33NO3. The molecule has 0 atom stereocenters. The Morgan fingerprint density at radius 1 is 0.382 bits per heavy atom. The van der Waals surface area contributed by atoms with Crippen molar-refractivity contribution in [3.63, 3.8) is 0 Å². The predicted octanol–water partition coefficient (Wildman–Crippen LogP) is 14.8. The van der Waals surface area contributed by atoms with Crippen molar-refractivity contribution in [1.29, 1.82) is 0 Å². The fourth-order valence-electron chi connectivity index (χ4n) is 9.18. The molecule has 4 nitrogen and oxygen atoms in total. The summed E-state index contributed by atoms with van der Waals surface area (Å²) in [6.07, 6.45) is 0. The Kier molecular flexibility index (Phi) is 6.09. The monoisotopic (exact) mass is 707 g/mol. The van der Waals surface area contributed by atoms with Crippen LogP contribution >= 0.6 is 0 Å². The lowest BCUT2D eigenvalue weighted by atomic mass is 9.82. The molecule has 55 heavy (non-hydrogen) atoms. The molecule has 8 aromatic carbocycles. The van der Waals surface area contributed by atoms with Crippen LogP contribution in [0.2, 0.25) is 0 Å². The van der Waals surface area contributed by atoms with Gasteiger partial charge in [0.05, 0.1) is 11.1 Å². The largest absolute Gasteiger partial charge is 0.456 e. The minimum Gasteiger partial charge on any atom is -0.456 e. The summed E-state index contributed by atoms with van der Waals surface area (Å²) in [6, 6.07) is 58.1. The molecule has 0 saturated carbocycles. The molecule has 12 rings (SSSR count). The first-order chi connectivity index (χ1) is 27.0. The maximum atomic E-state index is 6.72. The van der Waals surface area contributed by atoms with E-state index in [1.165, 1.54) is 22.3 Å². The lowest BCUT2D eigenvalue weighted by molar-refractivity contribution is 0.660. The summed E-state index contributed by atoms with van der Waals surface area (Å²) < 4.78 is 19.6. The van der Waals surface area contributed by atoms with Crippen LogP contribution in [-0.2, 0) is 5.41 Å². The van der Waals surface area contributed by atoms with E-state index in [0.717, 1.165) is 94.0 Å². The summed E-state index contributed by atoms with van der Waals surface area (Å²) in [7, 11) is 0. The SMILES string of the molecule is CC1(C)c2ccccc2-c2ccc(N(c3ccc4oc5ccccc5c4c3)c3cccc4oc5cc6c(cc5c34)oc3cc(-c4ccccc4)ccc36)cc21. The van der Waals surface area contributed by atoms with E-state index in [-0.39, 0.29) is 5.41 Å². The van der Waals surface area contributed by atoms with Gasteiger partial charge in [0.15, 0.2) is 0 Å². The predicted molar refractivity (Wildman–Crippen MR) is 226 cm³/mol. The van der Waals surface area contributed by atoms with Crippen LogP contribution in [0.1, 0.15) is 25.0 Å². The Morgan fingerprint density at radius 2 is 1.02 bits per heavy atom. The molecule has 0 spiro atoms. The van der Waals surface area contributed by atoms with Crippen LogP contribution in [0.3, 0.4) is 0 Å². The molecule has 0 fully saturated rings. The van der Waals surface area contributed by atoms with Gasteiger partial charge in [0.25, 0.3) is 0 Å². The molecular weight excluding hydrogens is 675 g/mol. The molecule has 0 N–H and O–H groups in total. The van der Waals surface area contributed by atoms with E-state index in [1.54, 1.807) is 0 Å². The molecule has 3 heterocycles. The van der Waals surface area contributed by atoms with Crippen molar-refractivity contribution in [1.82, 2.24) is 0 Å². The summed E-state index contributed by atoms with van der Waals surface area (Å²) in [5.74, 6) is 0. The third-order valence-electron chi connectivity index (χ3n) is 11.9. The van der Waals surface area contributed by atoms with Crippen molar-refractivity contribution >= 4 is 82.9 Å². The third kappa shape index (κ3) is 4.34. The maximum Gasteiger partial charge on any atom is 0.137 e. The van der Waals surface area contributed by atoms with E-state index >= 15 is 0 Å². The van der Waals surface area contributed by atoms with Crippen molar-refractivity contribution in [3.8, 4) is 22.3 Å². The number of para-hydroxylation sites is 1. The minimum absolute atomic E-state index is 0.153. The zero-order chi connectivity index (χ0) is 36.4. The zero-order valence-corrected chi connectivity index (χ0v) is 30.3. The highest BCUT2D eigenvalue weighted by Gasteiger charge is 2.36. The number of hydrogen-bond acceptors (Lipinski definition) is 4. The number of rotatable bonds is 4. The first-order valence-electron chi connectivity index (χ1n) is 18.8. The average molecular weight is 708 g/mol. The van der Waals surface area contributed by atoms with Gasteiger partial charge in [0.1, 0.15) is 33.5 Å². The van der Waals surface area contributed by atoms with Gasteiger partial charge in [0, 0.05) is 43.7 Å². The van der Waals surface area contributed by atoms with Crippen molar-refractivity contribution in [3.05, 3.63) is 175 Å². The molecule has 1 aliphatic rings. The van der Waals surface area contributed by atoms with Crippen LogP contribution < -0.4 is 4.90 Å². The number of furan rings is 3. The second kappa shape index (κ2) is 11.0. The highest BCUT2D eigenvalue weighted by molar-refractivity contribution is 6.19. The molecule has 0 radical (unpaired) electrons. The summed E-state index contributed by atoms with van der Waals surface area (Å²) in [5.41, 5.74) is 15.6.